The average Bonchev–Trinajstić information content (AvgIpc) is 1.61. The van der Waals surface area contributed by atoms with Crippen LogP contribution in [0.2, 0.25) is 0 Å². The van der Waals surface area contributed by atoms with Crippen molar-refractivity contribution in [3.63, 3.8) is 0 Å². The molecule has 0 unspecified atom stereocenters. The third kappa shape index (κ3) is 6.00. The summed E-state index contributed by atoms with van der Waals surface area (Å²) in [7, 11) is 0. The van der Waals surface area contributed by atoms with E-state index in [2.05, 4.69) is 5.67 Å². The first-order valence-corrected chi connectivity index (χ1v) is 4.47. The van der Waals surface area contributed by atoms with Crippen LogP contribution in [-0.2, 0) is 46.1 Å². The van der Waals surface area contributed by atoms with E-state index < -0.39 is 0 Å². The molecule has 0 heterocycles. The van der Waals surface area contributed by atoms with Gasteiger partial charge in [0.25, 0.3) is 0 Å². The third-order valence-corrected chi connectivity index (χ3v) is 3.21. The molecule has 0 fully saturated rings. The zero-order chi connectivity index (χ0) is 4.83. The first-order valence-electron chi connectivity index (χ1n) is 0.833. The van der Waals surface area contributed by atoms with Gasteiger partial charge in [-0.25, -0.2) is 0 Å². The van der Waals surface area contributed by atoms with Gasteiger partial charge in [-0.1, -0.05) is 0 Å². The molecular weight excluding hydrogens is 288 g/mol. The fraction of sp³-hybridized carbons (Fsp3) is 0. The van der Waals surface area contributed by atoms with E-state index in [9.17, 15) is 0 Å². The molecule has 0 aliphatic heterocycles. The van der Waals surface area contributed by atoms with Gasteiger partial charge < -0.3 is 0 Å². The van der Waals surface area contributed by atoms with E-state index in [4.69, 9.17) is 0 Å². The fourth-order valence-electron chi connectivity index (χ4n) is 0.0227. The molecule has 0 aliphatic carbocycles. The van der Waals surface area contributed by atoms with E-state index in [1.54, 1.807) is 0 Å². The molecule has 0 rings (SSSR count). The molecule has 0 amide bonds. The molecule has 0 spiro atoms. The van der Waals surface area contributed by atoms with Crippen LogP contribution in [0.4, 0.5) is 0 Å². The van der Waals surface area contributed by atoms with Gasteiger partial charge in [-0.3, -0.25) is 0 Å². The Kier molecular flexibility index (Phi) is 9.32. The van der Waals surface area contributed by atoms with Crippen LogP contribution in [0, 0.1) is 0 Å². The van der Waals surface area contributed by atoms with Crippen molar-refractivity contribution in [2.45, 2.75) is 0 Å². The van der Waals surface area contributed by atoms with E-state index in [1.807, 2.05) is 0 Å². The van der Waals surface area contributed by atoms with Crippen LogP contribution in [0.3, 0.4) is 0 Å². The first-order chi connectivity index (χ1) is 2.91. The van der Waals surface area contributed by atoms with Crippen molar-refractivity contribution in [1.29, 1.82) is 0 Å². The van der Waals surface area contributed by atoms with Crippen molar-refractivity contribution in [3.05, 3.63) is 0 Å². The molecule has 0 N–H and O–H groups in total. The Hall–Kier alpha value is 2.00. The number of hydrogen-bond acceptors (Lipinski definition) is 4. The first kappa shape index (κ1) is 8.00. The Morgan fingerprint density at radius 1 is 1.00 bits per heavy atom. The molecule has 6 heavy (non-hydrogen) atoms. The van der Waals surface area contributed by atoms with Crippen molar-refractivity contribution in [3.8, 4) is 0 Å². The quantitative estimate of drug-likeness (QED) is 0.335. The van der Waals surface area contributed by atoms with Crippen LogP contribution in [0.5, 0.6) is 0 Å². The SMILES string of the molecule is [Mo][O]SS[O][Mo]. The Morgan fingerprint density at radius 3 is 1.50 bits per heavy atom. The van der Waals surface area contributed by atoms with Crippen LogP contribution >= 0.6 is 22.1 Å². The molecule has 0 saturated carbocycles. The summed E-state index contributed by atoms with van der Waals surface area (Å²) in [5.74, 6) is 0. The molecule has 0 aromatic heterocycles. The van der Waals surface area contributed by atoms with Gasteiger partial charge in [-0.15, -0.1) is 0 Å². The monoisotopic (exact) mass is 292 g/mol. The number of rotatable bonds is 3. The molecule has 36 valence electrons. The van der Waals surface area contributed by atoms with E-state index in [0.29, 0.717) is 0 Å². The topological polar surface area (TPSA) is 18.5 Å². The summed E-state index contributed by atoms with van der Waals surface area (Å²) < 4.78 is 9.10. The number of hydrogen-bond donors (Lipinski definition) is 0. The average molecular weight is 288 g/mol. The Morgan fingerprint density at radius 2 is 1.33 bits per heavy atom. The molecule has 0 aromatic carbocycles. The van der Waals surface area contributed by atoms with Gasteiger partial charge >= 0.3 is 68.2 Å². The van der Waals surface area contributed by atoms with Crippen LogP contribution in [0.15, 0.2) is 0 Å². The minimum atomic E-state index is 1.21. The maximum absolute atomic E-state index is 4.55. The van der Waals surface area contributed by atoms with Gasteiger partial charge in [-0.2, -0.15) is 0 Å². The summed E-state index contributed by atoms with van der Waals surface area (Å²) in [5, 5.41) is 0. The predicted molar refractivity (Wildman–Crippen MR) is 17.4 cm³/mol. The molecule has 0 aliphatic rings. The zero-order valence-corrected chi connectivity index (χ0v) is 8.10. The van der Waals surface area contributed by atoms with Gasteiger partial charge in [0.1, 0.15) is 0 Å². The molecule has 0 saturated heterocycles. The minimum absolute atomic E-state index is 1.21. The molecule has 2 nitrogen and oxygen atoms in total. The molecule has 6 heteroatoms. The summed E-state index contributed by atoms with van der Waals surface area (Å²) in [6, 6.07) is 0. The Labute approximate surface area is 67.6 Å². The van der Waals surface area contributed by atoms with Crippen molar-refractivity contribution in [2.24, 2.45) is 0 Å². The summed E-state index contributed by atoms with van der Waals surface area (Å²) in [6.07, 6.45) is 0. The second kappa shape index (κ2) is 7.00. The van der Waals surface area contributed by atoms with Crippen molar-refractivity contribution >= 4 is 22.1 Å². The van der Waals surface area contributed by atoms with Crippen molar-refractivity contribution < 1.29 is 46.1 Å². The maximum atomic E-state index is 4.55. The fourth-order valence-corrected chi connectivity index (χ4v) is 1.21. The third-order valence-electron chi connectivity index (χ3n) is 0.0833. The van der Waals surface area contributed by atoms with Crippen LogP contribution in [0.25, 0.3) is 0 Å². The standard InChI is InChI=1S/2Mo.H2O2S2/c;;1-3-4-2/h;;1-2H/q2*+1;/p-2. The van der Waals surface area contributed by atoms with Gasteiger partial charge in [-0.05, 0) is 0 Å². The van der Waals surface area contributed by atoms with E-state index in [1.165, 1.54) is 62.5 Å². The molecule has 0 radical (unpaired) electrons. The predicted octanol–water partition coefficient (Wildman–Crippen LogP) is 1.15. The summed E-state index contributed by atoms with van der Waals surface area (Å²) in [6.45, 7) is 0. The van der Waals surface area contributed by atoms with E-state index >= 15 is 0 Å². The van der Waals surface area contributed by atoms with Gasteiger partial charge in [0, 0.05) is 0 Å². The molecule has 0 aromatic rings. The summed E-state index contributed by atoms with van der Waals surface area (Å²) >= 11 is 5.49. The van der Waals surface area contributed by atoms with E-state index in [0.717, 1.165) is 0 Å². The summed E-state index contributed by atoms with van der Waals surface area (Å²) in [4.78, 5) is 0. The van der Waals surface area contributed by atoms with Crippen molar-refractivity contribution in [1.82, 2.24) is 0 Å². The van der Waals surface area contributed by atoms with Crippen LogP contribution in [0.1, 0.15) is 0 Å². The summed E-state index contributed by atoms with van der Waals surface area (Å²) in [5.41, 5.74) is 0. The zero-order valence-electron chi connectivity index (χ0n) is 2.45. The van der Waals surface area contributed by atoms with Crippen LogP contribution < -0.4 is 0 Å². The molecule has 0 atom stereocenters. The molecule has 0 bridgehead atoms. The second-order valence-corrected chi connectivity index (χ2v) is 3.64. The Bertz CT molecular complexity index is 21.5. The Balaban J connectivity index is 2.34. The van der Waals surface area contributed by atoms with Gasteiger partial charge in [0.05, 0.1) is 0 Å². The second-order valence-electron chi connectivity index (χ2n) is 0.272. The van der Waals surface area contributed by atoms with Gasteiger partial charge in [0.2, 0.25) is 0 Å². The molecular formula is Mo2O2S2. The van der Waals surface area contributed by atoms with Gasteiger partial charge in [0.15, 0.2) is 0 Å². The normalized spacial score (nSPS) is 8.67. The van der Waals surface area contributed by atoms with Crippen molar-refractivity contribution in [2.75, 3.05) is 0 Å². The van der Waals surface area contributed by atoms with Crippen LogP contribution in [-0.4, -0.2) is 0 Å². The van der Waals surface area contributed by atoms with E-state index in [-0.39, 0.29) is 0 Å².